The molecule has 0 heteroatoms. The minimum Gasteiger partial charge on any atom is -0.0622 e. The van der Waals surface area contributed by atoms with Gasteiger partial charge in [0.05, 0.1) is 0 Å². The molecule has 0 amide bonds. The summed E-state index contributed by atoms with van der Waals surface area (Å²) in [7, 11) is 0. The van der Waals surface area contributed by atoms with Crippen LogP contribution in [0.15, 0.2) is 158 Å². The summed E-state index contributed by atoms with van der Waals surface area (Å²) in [6, 6.07) is 59.6. The van der Waals surface area contributed by atoms with Gasteiger partial charge in [0.2, 0.25) is 0 Å². The number of hydrogen-bond acceptors (Lipinski definition) is 0. The Hall–Kier alpha value is -5.46. The van der Waals surface area contributed by atoms with Gasteiger partial charge in [-0.05, 0) is 157 Å². The molecule has 0 aliphatic rings. The van der Waals surface area contributed by atoms with Crippen molar-refractivity contribution in [3.8, 4) is 44.5 Å². The van der Waals surface area contributed by atoms with Gasteiger partial charge in [-0.1, -0.05) is 195 Å². The van der Waals surface area contributed by atoms with E-state index in [9.17, 15) is 0 Å². The average molecular weight is 759 g/mol. The smallest absolute Gasteiger partial charge is 0.0149 e. The van der Waals surface area contributed by atoms with Gasteiger partial charge >= 0.3 is 0 Å². The van der Waals surface area contributed by atoms with E-state index >= 15 is 0 Å². The second kappa shape index (κ2) is 20.3. The highest BCUT2D eigenvalue weighted by Crippen LogP contribution is 2.37. The molecule has 0 aromatic heterocycles. The second-order valence-corrected chi connectivity index (χ2v) is 16.8. The number of hydrogen-bond donors (Lipinski definition) is 0. The number of benzene rings is 7. The largest absolute Gasteiger partial charge is 0.0622 e. The summed E-state index contributed by atoms with van der Waals surface area (Å²) in [5.74, 6) is 0. The van der Waals surface area contributed by atoms with Crippen LogP contribution >= 0.6 is 0 Å². The Morgan fingerprint density at radius 1 is 0.276 bits per heavy atom. The van der Waals surface area contributed by atoms with Crippen molar-refractivity contribution in [2.24, 2.45) is 0 Å². The van der Waals surface area contributed by atoms with Crippen molar-refractivity contribution < 1.29 is 0 Å². The van der Waals surface area contributed by atoms with E-state index in [0.717, 1.165) is 12.8 Å². The first-order valence-corrected chi connectivity index (χ1v) is 22.0. The molecule has 0 atom stereocenters. The highest BCUT2D eigenvalue weighted by atomic mass is 14.2. The highest BCUT2D eigenvalue weighted by molar-refractivity contribution is 5.80. The zero-order chi connectivity index (χ0) is 40.1. The molecule has 0 bridgehead atoms. The first kappa shape index (κ1) is 40.7. The molecular formula is C58H62. The summed E-state index contributed by atoms with van der Waals surface area (Å²) in [6.07, 6.45) is 14.5. The van der Waals surface area contributed by atoms with Gasteiger partial charge in [0.15, 0.2) is 0 Å². The molecule has 294 valence electrons. The van der Waals surface area contributed by atoms with E-state index in [0.29, 0.717) is 0 Å². The Morgan fingerprint density at radius 3 is 0.948 bits per heavy atom. The minimum absolute atomic E-state index is 1.09. The summed E-state index contributed by atoms with van der Waals surface area (Å²) < 4.78 is 0. The van der Waals surface area contributed by atoms with Gasteiger partial charge in [0, 0.05) is 0 Å². The Labute approximate surface area is 350 Å². The fourth-order valence-corrected chi connectivity index (χ4v) is 8.86. The standard InChI is InChI=1S/C58H62/c1-43-27-37-55(45(3)39-43)49-29-33-51(34-30-49)57-41-54(26-18-8-6-12-20-48-23-15-10-16-24-48)58(42-53(57)25-17-7-5-11-19-47-21-13-9-14-22-47)52-35-31-50(32-36-52)56-38-28-44(2)40-46(56)4/h9-10,13-16,21-24,27-42H,5-8,11-12,17-20,25-26H2,1-4H3. The molecule has 7 aromatic carbocycles. The summed E-state index contributed by atoms with van der Waals surface area (Å²) in [6.45, 7) is 8.82. The molecule has 0 unspecified atom stereocenters. The van der Waals surface area contributed by atoms with Gasteiger partial charge in [-0.15, -0.1) is 0 Å². The lowest BCUT2D eigenvalue weighted by molar-refractivity contribution is 0.638. The van der Waals surface area contributed by atoms with E-state index in [1.54, 1.807) is 0 Å². The highest BCUT2D eigenvalue weighted by Gasteiger charge is 2.15. The molecule has 0 aliphatic heterocycles. The van der Waals surface area contributed by atoms with Crippen molar-refractivity contribution in [1.29, 1.82) is 0 Å². The van der Waals surface area contributed by atoms with Crippen molar-refractivity contribution in [2.45, 2.75) is 105 Å². The van der Waals surface area contributed by atoms with Gasteiger partial charge in [0.25, 0.3) is 0 Å². The third kappa shape index (κ3) is 10.9. The van der Waals surface area contributed by atoms with Crippen molar-refractivity contribution in [3.05, 3.63) is 202 Å². The van der Waals surface area contributed by atoms with Crippen LogP contribution in [0.5, 0.6) is 0 Å². The predicted octanol–water partition coefficient (Wildman–Crippen LogP) is 16.3. The van der Waals surface area contributed by atoms with Crippen molar-refractivity contribution in [2.75, 3.05) is 0 Å². The lowest BCUT2D eigenvalue weighted by atomic mass is 9.86. The lowest BCUT2D eigenvalue weighted by Crippen LogP contribution is -1.99. The van der Waals surface area contributed by atoms with Crippen LogP contribution in [0.4, 0.5) is 0 Å². The normalized spacial score (nSPS) is 11.2. The van der Waals surface area contributed by atoms with E-state index in [1.165, 1.54) is 153 Å². The van der Waals surface area contributed by atoms with Crippen LogP contribution in [0.25, 0.3) is 44.5 Å². The fraction of sp³-hybridized carbons (Fsp3) is 0.276. The Kier molecular flexibility index (Phi) is 14.3. The van der Waals surface area contributed by atoms with Crippen LogP contribution in [0.1, 0.15) is 95.9 Å². The average Bonchev–Trinajstić information content (AvgIpc) is 3.24. The van der Waals surface area contributed by atoms with E-state index < -0.39 is 0 Å². The quantitative estimate of drug-likeness (QED) is 0.0765. The molecule has 7 aromatic rings. The monoisotopic (exact) mass is 758 g/mol. The molecule has 0 fully saturated rings. The molecule has 0 heterocycles. The summed E-state index contributed by atoms with van der Waals surface area (Å²) >= 11 is 0. The second-order valence-electron chi connectivity index (χ2n) is 16.8. The van der Waals surface area contributed by atoms with E-state index in [2.05, 4.69) is 185 Å². The van der Waals surface area contributed by atoms with E-state index in [1.807, 2.05) is 0 Å². The maximum Gasteiger partial charge on any atom is -0.0149 e. The summed E-state index contributed by atoms with van der Waals surface area (Å²) in [5.41, 5.74) is 21.8. The zero-order valence-electron chi connectivity index (χ0n) is 35.5. The fourth-order valence-electron chi connectivity index (χ4n) is 8.86. The molecule has 7 rings (SSSR count). The van der Waals surface area contributed by atoms with Crippen LogP contribution in [0, 0.1) is 27.7 Å². The van der Waals surface area contributed by atoms with Gasteiger partial charge in [-0.3, -0.25) is 0 Å². The first-order valence-electron chi connectivity index (χ1n) is 22.0. The van der Waals surface area contributed by atoms with Crippen molar-refractivity contribution in [3.63, 3.8) is 0 Å². The third-order valence-corrected chi connectivity index (χ3v) is 12.1. The Balaban J connectivity index is 1.17. The molecular weight excluding hydrogens is 697 g/mol. The summed E-state index contributed by atoms with van der Waals surface area (Å²) in [5, 5.41) is 0. The lowest BCUT2D eigenvalue weighted by Gasteiger charge is -2.19. The SMILES string of the molecule is Cc1ccc(-c2ccc(-c3cc(CCCCCCc4ccccc4)c(-c4ccc(-c5ccc(C)cc5C)cc4)cc3CCCCCCc3ccccc3)cc2)c(C)c1. The van der Waals surface area contributed by atoms with Crippen LogP contribution < -0.4 is 0 Å². The van der Waals surface area contributed by atoms with Crippen molar-refractivity contribution in [1.82, 2.24) is 0 Å². The molecule has 0 saturated carbocycles. The van der Waals surface area contributed by atoms with Crippen LogP contribution in [-0.2, 0) is 25.7 Å². The maximum absolute atomic E-state index is 2.58. The first-order chi connectivity index (χ1) is 28.4. The van der Waals surface area contributed by atoms with E-state index in [-0.39, 0.29) is 0 Å². The van der Waals surface area contributed by atoms with Gasteiger partial charge < -0.3 is 0 Å². The number of rotatable bonds is 18. The van der Waals surface area contributed by atoms with Gasteiger partial charge in [-0.25, -0.2) is 0 Å². The third-order valence-electron chi connectivity index (χ3n) is 12.1. The topological polar surface area (TPSA) is 0 Å². The van der Waals surface area contributed by atoms with Crippen LogP contribution in [-0.4, -0.2) is 0 Å². The van der Waals surface area contributed by atoms with Crippen LogP contribution in [0.3, 0.4) is 0 Å². The Bertz CT molecular complexity index is 2170. The molecule has 58 heavy (non-hydrogen) atoms. The van der Waals surface area contributed by atoms with Gasteiger partial charge in [0.1, 0.15) is 0 Å². The van der Waals surface area contributed by atoms with Crippen molar-refractivity contribution >= 4 is 0 Å². The van der Waals surface area contributed by atoms with Gasteiger partial charge in [-0.2, -0.15) is 0 Å². The van der Waals surface area contributed by atoms with E-state index in [4.69, 9.17) is 0 Å². The molecule has 0 N–H and O–H groups in total. The molecule has 0 nitrogen and oxygen atoms in total. The zero-order valence-corrected chi connectivity index (χ0v) is 35.5. The molecule has 0 spiro atoms. The number of aryl methyl sites for hydroxylation is 8. The maximum atomic E-state index is 2.58. The molecule has 0 aliphatic carbocycles. The number of unbranched alkanes of at least 4 members (excludes halogenated alkanes) is 6. The summed E-state index contributed by atoms with van der Waals surface area (Å²) in [4.78, 5) is 0. The predicted molar refractivity (Wildman–Crippen MR) is 252 cm³/mol. The Morgan fingerprint density at radius 2 is 0.603 bits per heavy atom. The molecule has 0 saturated heterocycles. The van der Waals surface area contributed by atoms with Crippen LogP contribution in [0.2, 0.25) is 0 Å². The minimum atomic E-state index is 1.09. The molecule has 0 radical (unpaired) electrons.